The van der Waals surface area contributed by atoms with Crippen LogP contribution in [-0.4, -0.2) is 16.1 Å². The molecule has 138 valence electrons. The number of nitrogens with two attached hydrogens (primary N) is 1. The molecule has 0 bridgehead atoms. The second-order valence-corrected chi connectivity index (χ2v) is 5.91. The van der Waals surface area contributed by atoms with Crippen molar-refractivity contribution in [1.82, 2.24) is 10.2 Å². The summed E-state index contributed by atoms with van der Waals surface area (Å²) in [6.07, 6.45) is 0. The predicted molar refractivity (Wildman–Crippen MR) is 96.2 cm³/mol. The van der Waals surface area contributed by atoms with Crippen LogP contribution in [0.4, 0.5) is 10.1 Å². The van der Waals surface area contributed by atoms with Crippen LogP contribution in [0, 0.1) is 5.82 Å². The second-order valence-electron chi connectivity index (χ2n) is 5.58. The van der Waals surface area contributed by atoms with E-state index in [1.54, 1.807) is 30.3 Å². The number of amides is 1. The van der Waals surface area contributed by atoms with E-state index in [9.17, 15) is 9.18 Å². The van der Waals surface area contributed by atoms with Gasteiger partial charge in [0.05, 0.1) is 5.69 Å². The van der Waals surface area contributed by atoms with E-state index in [0.717, 1.165) is 0 Å². The molecule has 2 heterocycles. The molecule has 0 radical (unpaired) electrons. The van der Waals surface area contributed by atoms with Gasteiger partial charge in [-0.2, -0.15) is 5.10 Å². The molecule has 8 nitrogen and oxygen atoms in total. The minimum atomic E-state index is -0.418. The molecule has 4 rings (SSSR count). The Labute approximate surface area is 157 Å². The van der Waals surface area contributed by atoms with E-state index in [0.29, 0.717) is 46.2 Å². The van der Waals surface area contributed by atoms with Crippen molar-refractivity contribution in [2.24, 2.45) is 5.14 Å². The number of benzene rings is 2. The van der Waals surface area contributed by atoms with Gasteiger partial charge in [-0.25, -0.2) is 4.39 Å². The van der Waals surface area contributed by atoms with E-state index in [4.69, 9.17) is 14.8 Å². The summed E-state index contributed by atoms with van der Waals surface area (Å²) < 4.78 is 23.7. The summed E-state index contributed by atoms with van der Waals surface area (Å²) >= 11 is 0.580. The normalized spacial score (nSPS) is 11.9. The van der Waals surface area contributed by atoms with Crippen LogP contribution in [0.15, 0.2) is 42.5 Å². The largest absolute Gasteiger partial charge is 0.488 e. The van der Waals surface area contributed by atoms with Gasteiger partial charge >= 0.3 is 0 Å². The summed E-state index contributed by atoms with van der Waals surface area (Å²) in [6.45, 7) is 0.161. The van der Waals surface area contributed by atoms with Gasteiger partial charge in [-0.1, -0.05) is 4.33 Å². The molecule has 0 unspecified atom stereocenters. The van der Waals surface area contributed by atoms with Crippen LogP contribution in [0.1, 0.15) is 16.1 Å². The van der Waals surface area contributed by atoms with Crippen LogP contribution < -0.4 is 20.1 Å². The van der Waals surface area contributed by atoms with Crippen LogP contribution in [0.2, 0.25) is 0 Å². The molecule has 0 fully saturated rings. The molecule has 2 aromatic carbocycles. The Morgan fingerprint density at radius 1 is 1.30 bits per heavy atom. The summed E-state index contributed by atoms with van der Waals surface area (Å²) in [4.78, 5) is 17.4. The van der Waals surface area contributed by atoms with Crippen molar-refractivity contribution in [2.45, 2.75) is 6.61 Å². The molecular weight excluding hydrogens is 375 g/mol. The monoisotopic (exact) mass is 388 g/mol. The summed E-state index contributed by atoms with van der Waals surface area (Å²) in [7, 11) is 0. The summed E-state index contributed by atoms with van der Waals surface area (Å²) in [5, 5.41) is 14.7. The van der Waals surface area contributed by atoms with Crippen LogP contribution >= 0.6 is 12.2 Å². The van der Waals surface area contributed by atoms with Gasteiger partial charge in [0.1, 0.15) is 30.4 Å². The Morgan fingerprint density at radius 2 is 2.11 bits per heavy atom. The Bertz CT molecular complexity index is 993. The summed E-state index contributed by atoms with van der Waals surface area (Å²) in [6, 6.07) is 10.7. The fourth-order valence-corrected chi connectivity index (χ4v) is 2.85. The van der Waals surface area contributed by atoms with Gasteiger partial charge in [-0.05, 0) is 42.5 Å². The van der Waals surface area contributed by atoms with Crippen LogP contribution in [0.5, 0.6) is 11.5 Å². The maximum atomic E-state index is 13.6. The van der Waals surface area contributed by atoms with Gasteiger partial charge in [0, 0.05) is 16.8 Å². The minimum absolute atomic E-state index is 0.161. The highest BCUT2D eigenvalue weighted by Gasteiger charge is 2.26. The molecule has 1 aliphatic rings. The fraction of sp³-hybridized carbons (Fsp3) is 0.0588. The van der Waals surface area contributed by atoms with Gasteiger partial charge in [-0.3, -0.25) is 15.0 Å². The molecule has 1 aliphatic heterocycles. The van der Waals surface area contributed by atoms with Gasteiger partial charge in [0.25, 0.3) is 5.91 Å². The van der Waals surface area contributed by atoms with Crippen molar-refractivity contribution < 1.29 is 23.1 Å². The zero-order valence-electron chi connectivity index (χ0n) is 13.7. The molecule has 4 N–H and O–H groups in total. The van der Waals surface area contributed by atoms with Gasteiger partial charge in [0.15, 0.2) is 11.4 Å². The highest BCUT2D eigenvalue weighted by atomic mass is 32.2. The molecule has 27 heavy (non-hydrogen) atoms. The first kappa shape index (κ1) is 17.3. The Kier molecular flexibility index (Phi) is 4.67. The number of halogens is 1. The van der Waals surface area contributed by atoms with Crippen molar-refractivity contribution in [1.29, 1.82) is 0 Å². The van der Waals surface area contributed by atoms with Crippen molar-refractivity contribution >= 4 is 23.8 Å². The SMILES string of the molecule is NSOOc1ccc(NC(=O)c2n[nH]c3c2COc2ccc(F)cc2-3)cc1. The number of hydrogen-bond acceptors (Lipinski definition) is 7. The van der Waals surface area contributed by atoms with Crippen molar-refractivity contribution in [2.75, 3.05) is 5.32 Å². The lowest BCUT2D eigenvalue weighted by atomic mass is 10.0. The Balaban J connectivity index is 1.54. The lowest BCUT2D eigenvalue weighted by Crippen LogP contribution is -2.16. The molecule has 1 amide bonds. The number of anilines is 1. The van der Waals surface area contributed by atoms with Crippen LogP contribution in [0.3, 0.4) is 0 Å². The van der Waals surface area contributed by atoms with Gasteiger partial charge < -0.3 is 14.9 Å². The number of aromatic nitrogens is 2. The van der Waals surface area contributed by atoms with Crippen LogP contribution in [0.25, 0.3) is 11.3 Å². The molecule has 0 spiro atoms. The van der Waals surface area contributed by atoms with E-state index in [-0.39, 0.29) is 12.3 Å². The van der Waals surface area contributed by atoms with Crippen molar-refractivity contribution in [3.05, 3.63) is 59.5 Å². The average Bonchev–Trinajstić information content (AvgIpc) is 3.12. The Morgan fingerprint density at radius 3 is 2.89 bits per heavy atom. The number of carbonyl (C=O) groups excluding carboxylic acids is 1. The van der Waals surface area contributed by atoms with E-state index in [2.05, 4.69) is 19.8 Å². The van der Waals surface area contributed by atoms with Crippen LogP contribution in [-0.2, 0) is 10.9 Å². The highest BCUT2D eigenvalue weighted by Crippen LogP contribution is 2.37. The van der Waals surface area contributed by atoms with Gasteiger partial charge in [-0.15, -0.1) is 0 Å². The number of nitrogens with one attached hydrogen (secondary N) is 2. The number of hydrogen-bond donors (Lipinski definition) is 3. The first-order chi connectivity index (χ1) is 13.2. The molecule has 0 saturated carbocycles. The number of aromatic amines is 1. The highest BCUT2D eigenvalue weighted by molar-refractivity contribution is 7.92. The molecule has 1 aromatic heterocycles. The number of H-pyrrole nitrogens is 1. The van der Waals surface area contributed by atoms with E-state index in [1.807, 2.05) is 0 Å². The molecule has 0 saturated heterocycles. The maximum Gasteiger partial charge on any atom is 0.276 e. The van der Waals surface area contributed by atoms with Crippen molar-refractivity contribution in [3.63, 3.8) is 0 Å². The number of fused-ring (bicyclic) bond motifs is 3. The number of carbonyl (C=O) groups is 1. The smallest absolute Gasteiger partial charge is 0.276 e. The Hall–Kier alpha value is -3.08. The third-order valence-corrected chi connectivity index (χ3v) is 4.09. The molecule has 0 atom stereocenters. The summed E-state index contributed by atoms with van der Waals surface area (Å²) in [5.74, 6) is 0.145. The van der Waals surface area contributed by atoms with E-state index >= 15 is 0 Å². The fourth-order valence-electron chi connectivity index (χ4n) is 2.73. The average molecular weight is 388 g/mol. The minimum Gasteiger partial charge on any atom is -0.488 e. The molecule has 3 aromatic rings. The summed E-state index contributed by atoms with van der Waals surface area (Å²) in [5.41, 5.74) is 2.39. The van der Waals surface area contributed by atoms with Gasteiger partial charge in [0.2, 0.25) is 0 Å². The maximum absolute atomic E-state index is 13.6. The standard InChI is InChI=1S/C17H13FN4O4S/c18-9-1-6-14-12(7-9)15-13(8-24-14)16(22-21-15)17(23)20-10-2-4-11(5-3-10)25-26-27-19/h1-7H,8,19H2,(H,20,23)(H,21,22). The third kappa shape index (κ3) is 3.45. The zero-order valence-corrected chi connectivity index (χ0v) is 14.5. The number of ether oxygens (including phenoxy) is 1. The number of rotatable bonds is 5. The lowest BCUT2D eigenvalue weighted by molar-refractivity contribution is -0.0777. The molecule has 0 aliphatic carbocycles. The molecular formula is C17H13FN4O4S. The third-order valence-electron chi connectivity index (χ3n) is 3.95. The van der Waals surface area contributed by atoms with Crippen molar-refractivity contribution in [3.8, 4) is 22.8 Å². The topological polar surface area (TPSA) is 111 Å². The van der Waals surface area contributed by atoms with E-state index in [1.165, 1.54) is 12.1 Å². The first-order valence-electron chi connectivity index (χ1n) is 7.77. The lowest BCUT2D eigenvalue weighted by Gasteiger charge is -2.17. The number of nitrogens with zero attached hydrogens (tertiary/aromatic N) is 1. The zero-order chi connectivity index (χ0) is 18.8. The first-order valence-corrected chi connectivity index (χ1v) is 8.57. The predicted octanol–water partition coefficient (Wildman–Crippen LogP) is 3.19. The second kappa shape index (κ2) is 7.27. The van der Waals surface area contributed by atoms with E-state index < -0.39 is 11.7 Å². The molecule has 10 heteroatoms. The quantitative estimate of drug-likeness (QED) is 0.266.